The summed E-state index contributed by atoms with van der Waals surface area (Å²) in [7, 11) is 0. The molecule has 1 fully saturated rings. The zero-order valence-corrected chi connectivity index (χ0v) is 11.5. The lowest BCUT2D eigenvalue weighted by Crippen LogP contribution is -2.28. The summed E-state index contributed by atoms with van der Waals surface area (Å²) >= 11 is 0. The highest BCUT2D eigenvalue weighted by atomic mass is 16.4. The summed E-state index contributed by atoms with van der Waals surface area (Å²) in [6.07, 6.45) is 12.6. The van der Waals surface area contributed by atoms with Gasteiger partial charge in [0.15, 0.2) is 0 Å². The van der Waals surface area contributed by atoms with Crippen LogP contribution in [0.2, 0.25) is 0 Å². The number of carbonyl (C=O) groups is 1. The monoisotopic (exact) mass is 264 g/mol. The number of unbranched alkanes of at least 4 members (excludes halogenated alkanes) is 1. The first-order chi connectivity index (χ1) is 9.09. The summed E-state index contributed by atoms with van der Waals surface area (Å²) in [6, 6.07) is 0. The maximum atomic E-state index is 10.4. The number of rotatable bonds is 7. The van der Waals surface area contributed by atoms with Crippen LogP contribution in [0.25, 0.3) is 0 Å². The van der Waals surface area contributed by atoms with Crippen molar-refractivity contribution < 1.29 is 15.0 Å². The molecule has 1 saturated carbocycles. The van der Waals surface area contributed by atoms with Gasteiger partial charge >= 0.3 is 5.97 Å². The molecule has 0 radical (unpaired) electrons. The van der Waals surface area contributed by atoms with Gasteiger partial charge in [-0.25, -0.2) is 0 Å². The molecule has 0 spiro atoms. The number of carboxylic acids is 1. The Balaban J connectivity index is 1.77. The third kappa shape index (κ3) is 3.47. The number of aliphatic hydroxyl groups excluding tert-OH is 1. The van der Waals surface area contributed by atoms with Crippen molar-refractivity contribution >= 4 is 5.97 Å². The minimum absolute atomic E-state index is 0.231. The number of hydrogen-bond acceptors (Lipinski definition) is 2. The minimum atomic E-state index is -0.721. The molecule has 0 aromatic carbocycles. The summed E-state index contributed by atoms with van der Waals surface area (Å²) in [5.41, 5.74) is 0. The fourth-order valence-electron chi connectivity index (χ4n) is 3.75. The van der Waals surface area contributed by atoms with Crippen LogP contribution in [0.1, 0.15) is 39.0 Å². The molecule has 2 aliphatic carbocycles. The molecule has 2 bridgehead atoms. The molecule has 0 aliphatic heterocycles. The summed E-state index contributed by atoms with van der Waals surface area (Å²) in [5.74, 6) is 1.44. The Morgan fingerprint density at radius 2 is 2.11 bits per heavy atom. The van der Waals surface area contributed by atoms with E-state index in [0.717, 1.165) is 12.8 Å². The molecule has 0 aromatic rings. The zero-order chi connectivity index (χ0) is 13.8. The van der Waals surface area contributed by atoms with Crippen molar-refractivity contribution in [3.63, 3.8) is 0 Å². The van der Waals surface area contributed by atoms with Crippen LogP contribution in [0.3, 0.4) is 0 Å². The molecule has 0 saturated heterocycles. The molecule has 2 N–H and O–H groups in total. The van der Waals surface area contributed by atoms with Crippen molar-refractivity contribution in [1.29, 1.82) is 0 Å². The molecule has 0 heterocycles. The molecule has 0 aromatic heterocycles. The lowest BCUT2D eigenvalue weighted by molar-refractivity contribution is -0.137. The number of fused-ring (bicyclic) bond motifs is 2. The van der Waals surface area contributed by atoms with Crippen molar-refractivity contribution in [3.8, 4) is 0 Å². The number of aliphatic hydroxyl groups is 1. The Hall–Kier alpha value is -1.09. The second-order valence-corrected chi connectivity index (χ2v) is 5.92. The maximum Gasteiger partial charge on any atom is 0.303 e. The number of carboxylic acid groups (broad SMARTS) is 1. The Bertz CT molecular complexity index is 370. The number of aliphatic carboxylic acids is 1. The summed E-state index contributed by atoms with van der Waals surface area (Å²) in [5, 5.41) is 18.5. The van der Waals surface area contributed by atoms with Gasteiger partial charge in [-0.15, -0.1) is 0 Å². The molecule has 2 rings (SSSR count). The van der Waals surface area contributed by atoms with Gasteiger partial charge in [-0.2, -0.15) is 0 Å². The second kappa shape index (κ2) is 6.38. The SMILES string of the molecule is CC(O)C1C2C=CC(C2)C1C/C=C\CCCC(=O)O. The lowest BCUT2D eigenvalue weighted by Gasteiger charge is -2.29. The predicted molar refractivity (Wildman–Crippen MR) is 74.6 cm³/mol. The Morgan fingerprint density at radius 3 is 2.79 bits per heavy atom. The fourth-order valence-corrected chi connectivity index (χ4v) is 3.75. The van der Waals surface area contributed by atoms with Gasteiger partial charge < -0.3 is 10.2 Å². The highest BCUT2D eigenvalue weighted by molar-refractivity contribution is 5.66. The Labute approximate surface area is 115 Å². The van der Waals surface area contributed by atoms with E-state index in [1.807, 2.05) is 6.92 Å². The highest BCUT2D eigenvalue weighted by Crippen LogP contribution is 2.50. The summed E-state index contributed by atoms with van der Waals surface area (Å²) in [4.78, 5) is 10.4. The molecule has 106 valence electrons. The van der Waals surface area contributed by atoms with Crippen LogP contribution in [0.5, 0.6) is 0 Å². The smallest absolute Gasteiger partial charge is 0.303 e. The first-order valence-corrected chi connectivity index (χ1v) is 7.32. The molecule has 5 atom stereocenters. The predicted octanol–water partition coefficient (Wildman–Crippen LogP) is 3.01. The second-order valence-electron chi connectivity index (χ2n) is 5.92. The van der Waals surface area contributed by atoms with Crippen LogP contribution >= 0.6 is 0 Å². The molecule has 2 aliphatic rings. The molecular weight excluding hydrogens is 240 g/mol. The quantitative estimate of drug-likeness (QED) is 0.549. The normalized spacial score (nSPS) is 34.2. The Morgan fingerprint density at radius 1 is 1.37 bits per heavy atom. The minimum Gasteiger partial charge on any atom is -0.481 e. The van der Waals surface area contributed by atoms with Crippen LogP contribution < -0.4 is 0 Å². The van der Waals surface area contributed by atoms with Gasteiger partial charge in [0.2, 0.25) is 0 Å². The van der Waals surface area contributed by atoms with E-state index in [4.69, 9.17) is 5.11 Å². The van der Waals surface area contributed by atoms with E-state index >= 15 is 0 Å². The molecule has 19 heavy (non-hydrogen) atoms. The molecule has 0 amide bonds. The third-order valence-electron chi connectivity index (χ3n) is 4.58. The Kier molecular flexibility index (Phi) is 4.81. The molecule has 3 nitrogen and oxygen atoms in total. The van der Waals surface area contributed by atoms with Crippen LogP contribution in [-0.2, 0) is 4.79 Å². The van der Waals surface area contributed by atoms with Gasteiger partial charge in [-0.3, -0.25) is 4.79 Å². The first-order valence-electron chi connectivity index (χ1n) is 7.32. The number of hydrogen-bond donors (Lipinski definition) is 2. The van der Waals surface area contributed by atoms with Crippen molar-refractivity contribution in [3.05, 3.63) is 24.3 Å². The van der Waals surface area contributed by atoms with Gasteiger partial charge in [0, 0.05) is 6.42 Å². The maximum absolute atomic E-state index is 10.4. The van der Waals surface area contributed by atoms with Crippen molar-refractivity contribution in [1.82, 2.24) is 0 Å². The van der Waals surface area contributed by atoms with Crippen molar-refractivity contribution in [2.24, 2.45) is 23.7 Å². The van der Waals surface area contributed by atoms with E-state index in [9.17, 15) is 9.90 Å². The van der Waals surface area contributed by atoms with Gasteiger partial charge in [-0.1, -0.05) is 24.3 Å². The largest absolute Gasteiger partial charge is 0.481 e. The topological polar surface area (TPSA) is 57.5 Å². The van der Waals surface area contributed by atoms with Gasteiger partial charge in [0.25, 0.3) is 0 Å². The van der Waals surface area contributed by atoms with E-state index in [1.165, 1.54) is 6.42 Å². The van der Waals surface area contributed by atoms with Crippen LogP contribution in [0.15, 0.2) is 24.3 Å². The van der Waals surface area contributed by atoms with E-state index in [0.29, 0.717) is 30.1 Å². The van der Waals surface area contributed by atoms with Crippen molar-refractivity contribution in [2.45, 2.75) is 45.1 Å². The summed E-state index contributed by atoms with van der Waals surface area (Å²) in [6.45, 7) is 1.91. The first kappa shape index (κ1) is 14.3. The van der Waals surface area contributed by atoms with Crippen molar-refractivity contribution in [2.75, 3.05) is 0 Å². The van der Waals surface area contributed by atoms with Gasteiger partial charge in [0.1, 0.15) is 0 Å². The van der Waals surface area contributed by atoms with Gasteiger partial charge in [0.05, 0.1) is 6.10 Å². The van der Waals surface area contributed by atoms with E-state index < -0.39 is 5.97 Å². The van der Waals surface area contributed by atoms with E-state index in [2.05, 4.69) is 24.3 Å². The molecule has 3 heteroatoms. The van der Waals surface area contributed by atoms with Crippen LogP contribution in [0.4, 0.5) is 0 Å². The molecular formula is C16H24O3. The van der Waals surface area contributed by atoms with Crippen LogP contribution in [0, 0.1) is 23.7 Å². The fraction of sp³-hybridized carbons (Fsp3) is 0.688. The van der Waals surface area contributed by atoms with Gasteiger partial charge in [-0.05, 0) is 56.3 Å². The average Bonchev–Trinajstić information content (AvgIpc) is 2.93. The van der Waals surface area contributed by atoms with Crippen LogP contribution in [-0.4, -0.2) is 22.3 Å². The van der Waals surface area contributed by atoms with E-state index in [1.54, 1.807) is 0 Å². The zero-order valence-electron chi connectivity index (χ0n) is 11.5. The third-order valence-corrected chi connectivity index (χ3v) is 4.58. The molecule has 5 unspecified atom stereocenters. The highest BCUT2D eigenvalue weighted by Gasteiger charge is 2.45. The lowest BCUT2D eigenvalue weighted by atomic mass is 9.78. The standard InChI is InChI=1S/C16H24O3/c1-11(17)16-13-9-8-12(10-13)14(16)6-4-2-3-5-7-15(18)19/h2,4,8-9,11-14,16-17H,3,5-7,10H2,1H3,(H,18,19)/b4-2-. The van der Waals surface area contributed by atoms with E-state index in [-0.39, 0.29) is 12.5 Å². The average molecular weight is 264 g/mol. The number of allylic oxidation sites excluding steroid dienone is 4. The summed E-state index contributed by atoms with van der Waals surface area (Å²) < 4.78 is 0.